The zero-order valence-corrected chi connectivity index (χ0v) is 13.6. The van der Waals surface area contributed by atoms with Crippen molar-refractivity contribution < 1.29 is 5.11 Å². The molecule has 3 N–H and O–H groups in total. The van der Waals surface area contributed by atoms with Crippen LogP contribution in [0.3, 0.4) is 0 Å². The standard InChI is InChI=1S/C16H25N3OS/c1-19(9-5-2-6-10-20)16-13(15(17)21)11-12-7-3-4-8-14(12)18-16/h11,20H,2-10H2,1H3,(H2,17,21). The van der Waals surface area contributed by atoms with Crippen LogP contribution in [-0.2, 0) is 12.8 Å². The van der Waals surface area contributed by atoms with Crippen LogP contribution < -0.4 is 10.6 Å². The highest BCUT2D eigenvalue weighted by molar-refractivity contribution is 7.80. The molecule has 116 valence electrons. The van der Waals surface area contributed by atoms with E-state index in [2.05, 4.69) is 11.0 Å². The van der Waals surface area contributed by atoms with E-state index in [1.807, 2.05) is 7.05 Å². The Balaban J connectivity index is 2.17. The summed E-state index contributed by atoms with van der Waals surface area (Å²) in [6, 6.07) is 2.14. The van der Waals surface area contributed by atoms with Crippen LogP contribution in [0.5, 0.6) is 0 Å². The summed E-state index contributed by atoms with van der Waals surface area (Å²) in [6.45, 7) is 1.17. The molecule has 21 heavy (non-hydrogen) atoms. The second-order valence-electron chi connectivity index (χ2n) is 5.74. The fourth-order valence-corrected chi connectivity index (χ4v) is 2.99. The predicted molar refractivity (Wildman–Crippen MR) is 91.0 cm³/mol. The Bertz CT molecular complexity index is 505. The van der Waals surface area contributed by atoms with Crippen molar-refractivity contribution in [2.24, 2.45) is 5.73 Å². The number of aliphatic hydroxyl groups is 1. The third-order valence-electron chi connectivity index (χ3n) is 4.06. The number of hydrogen-bond donors (Lipinski definition) is 2. The van der Waals surface area contributed by atoms with Crippen LogP contribution in [0.2, 0.25) is 0 Å². The summed E-state index contributed by atoms with van der Waals surface area (Å²) in [5.41, 5.74) is 9.31. The van der Waals surface area contributed by atoms with Crippen LogP contribution in [0.1, 0.15) is 48.9 Å². The number of aryl methyl sites for hydroxylation is 2. The highest BCUT2D eigenvalue weighted by Crippen LogP contribution is 2.26. The summed E-state index contributed by atoms with van der Waals surface area (Å²) in [6.07, 6.45) is 7.49. The zero-order valence-electron chi connectivity index (χ0n) is 12.8. The Kier molecular flexibility index (Phi) is 5.94. The third-order valence-corrected chi connectivity index (χ3v) is 4.28. The van der Waals surface area contributed by atoms with Gasteiger partial charge in [-0.15, -0.1) is 0 Å². The van der Waals surface area contributed by atoms with E-state index in [1.54, 1.807) is 0 Å². The first-order valence-electron chi connectivity index (χ1n) is 7.78. The van der Waals surface area contributed by atoms with Gasteiger partial charge in [0.2, 0.25) is 0 Å². The van der Waals surface area contributed by atoms with Gasteiger partial charge in [-0.25, -0.2) is 4.98 Å². The number of rotatable bonds is 7. The number of hydrogen-bond acceptors (Lipinski definition) is 4. The van der Waals surface area contributed by atoms with Gasteiger partial charge in [0.1, 0.15) is 10.8 Å². The van der Waals surface area contributed by atoms with Crippen molar-refractivity contribution >= 4 is 23.0 Å². The molecule has 0 unspecified atom stereocenters. The summed E-state index contributed by atoms with van der Waals surface area (Å²) in [5.74, 6) is 0.909. The van der Waals surface area contributed by atoms with Crippen LogP contribution in [-0.4, -0.2) is 35.3 Å². The highest BCUT2D eigenvalue weighted by Gasteiger charge is 2.18. The van der Waals surface area contributed by atoms with Gasteiger partial charge in [-0.2, -0.15) is 0 Å². The largest absolute Gasteiger partial charge is 0.396 e. The maximum atomic E-state index is 8.84. The minimum Gasteiger partial charge on any atom is -0.396 e. The van der Waals surface area contributed by atoms with E-state index in [-0.39, 0.29) is 6.61 Å². The average Bonchev–Trinajstić information content (AvgIpc) is 2.50. The molecule has 0 saturated heterocycles. The van der Waals surface area contributed by atoms with Gasteiger partial charge in [-0.3, -0.25) is 0 Å². The number of nitrogens with zero attached hydrogens (tertiary/aromatic N) is 2. The lowest BCUT2D eigenvalue weighted by Gasteiger charge is -2.24. The normalized spacial score (nSPS) is 13.8. The van der Waals surface area contributed by atoms with Gasteiger partial charge in [0, 0.05) is 25.9 Å². The first kappa shape index (κ1) is 16.2. The van der Waals surface area contributed by atoms with Crippen molar-refractivity contribution in [1.82, 2.24) is 4.98 Å². The van der Waals surface area contributed by atoms with Gasteiger partial charge in [-0.05, 0) is 56.6 Å². The fraction of sp³-hybridized carbons (Fsp3) is 0.625. The molecule has 0 saturated carbocycles. The van der Waals surface area contributed by atoms with E-state index < -0.39 is 0 Å². The first-order chi connectivity index (χ1) is 10.1. The van der Waals surface area contributed by atoms with Crippen LogP contribution >= 0.6 is 12.2 Å². The molecule has 2 rings (SSSR count). The van der Waals surface area contributed by atoms with Crippen LogP contribution in [0, 0.1) is 0 Å². The molecule has 0 fully saturated rings. The van der Waals surface area contributed by atoms with Gasteiger partial charge >= 0.3 is 0 Å². The monoisotopic (exact) mass is 307 g/mol. The average molecular weight is 307 g/mol. The molecule has 1 aliphatic rings. The van der Waals surface area contributed by atoms with E-state index in [1.165, 1.54) is 24.1 Å². The molecule has 0 radical (unpaired) electrons. The Morgan fingerprint density at radius 3 is 2.81 bits per heavy atom. The van der Waals surface area contributed by atoms with Gasteiger partial charge < -0.3 is 15.7 Å². The fourth-order valence-electron chi connectivity index (χ4n) is 2.84. The molecule has 4 nitrogen and oxygen atoms in total. The van der Waals surface area contributed by atoms with Crippen molar-refractivity contribution in [2.45, 2.75) is 44.9 Å². The number of aliphatic hydroxyl groups excluding tert-OH is 1. The minimum atomic E-state index is 0.263. The van der Waals surface area contributed by atoms with Gasteiger partial charge in [0.15, 0.2) is 0 Å². The number of aromatic nitrogens is 1. The minimum absolute atomic E-state index is 0.263. The lowest BCUT2D eigenvalue weighted by atomic mass is 9.94. The zero-order chi connectivity index (χ0) is 15.2. The van der Waals surface area contributed by atoms with Crippen molar-refractivity contribution in [3.8, 4) is 0 Å². The van der Waals surface area contributed by atoms with E-state index in [0.29, 0.717) is 4.99 Å². The Labute approximate surface area is 132 Å². The molecule has 1 aromatic heterocycles. The van der Waals surface area contributed by atoms with Crippen molar-refractivity contribution in [3.63, 3.8) is 0 Å². The maximum absolute atomic E-state index is 8.84. The van der Waals surface area contributed by atoms with E-state index in [4.69, 9.17) is 28.0 Å². The SMILES string of the molecule is CN(CCCCCO)c1nc2c(cc1C(N)=S)CCCC2. The summed E-state index contributed by atoms with van der Waals surface area (Å²) >= 11 is 5.21. The highest BCUT2D eigenvalue weighted by atomic mass is 32.1. The van der Waals surface area contributed by atoms with Gasteiger partial charge in [-0.1, -0.05) is 12.2 Å². The molecule has 0 bridgehead atoms. The summed E-state index contributed by atoms with van der Waals surface area (Å²) in [7, 11) is 2.04. The first-order valence-corrected chi connectivity index (χ1v) is 8.19. The second kappa shape index (κ2) is 7.71. The van der Waals surface area contributed by atoms with E-state index in [9.17, 15) is 0 Å². The van der Waals surface area contributed by atoms with Crippen LogP contribution in [0.15, 0.2) is 6.07 Å². The Hall–Kier alpha value is -1.20. The quantitative estimate of drug-likeness (QED) is 0.597. The smallest absolute Gasteiger partial charge is 0.138 e. The lowest BCUT2D eigenvalue weighted by Crippen LogP contribution is -2.26. The van der Waals surface area contributed by atoms with Crippen molar-refractivity contribution in [3.05, 3.63) is 22.9 Å². The molecular weight excluding hydrogens is 282 g/mol. The molecule has 1 aliphatic carbocycles. The van der Waals surface area contributed by atoms with E-state index >= 15 is 0 Å². The Morgan fingerprint density at radius 1 is 1.33 bits per heavy atom. The molecule has 0 aromatic carbocycles. The molecule has 5 heteroatoms. The number of anilines is 1. The van der Waals surface area contributed by atoms with Gasteiger partial charge in [0.05, 0.1) is 5.56 Å². The molecule has 0 aliphatic heterocycles. The molecule has 0 amide bonds. The molecule has 0 atom stereocenters. The molecule has 1 aromatic rings. The second-order valence-corrected chi connectivity index (χ2v) is 6.18. The van der Waals surface area contributed by atoms with Crippen molar-refractivity contribution in [1.29, 1.82) is 0 Å². The number of nitrogens with two attached hydrogens (primary N) is 1. The van der Waals surface area contributed by atoms with E-state index in [0.717, 1.165) is 50.0 Å². The summed E-state index contributed by atoms with van der Waals surface area (Å²) in [4.78, 5) is 7.41. The van der Waals surface area contributed by atoms with Crippen molar-refractivity contribution in [2.75, 3.05) is 25.1 Å². The maximum Gasteiger partial charge on any atom is 0.138 e. The molecule has 0 spiro atoms. The topological polar surface area (TPSA) is 62.4 Å². The molecular formula is C16H25N3OS. The lowest BCUT2D eigenvalue weighted by molar-refractivity contribution is 0.283. The number of pyridine rings is 1. The Morgan fingerprint density at radius 2 is 2.10 bits per heavy atom. The third kappa shape index (κ3) is 4.14. The summed E-state index contributed by atoms with van der Waals surface area (Å²) < 4.78 is 0. The van der Waals surface area contributed by atoms with Crippen LogP contribution in [0.4, 0.5) is 5.82 Å². The molecule has 1 heterocycles. The number of thiocarbonyl (C=S) groups is 1. The van der Waals surface area contributed by atoms with Crippen LogP contribution in [0.25, 0.3) is 0 Å². The predicted octanol–water partition coefficient (Wildman–Crippen LogP) is 2.19. The number of fused-ring (bicyclic) bond motifs is 1. The van der Waals surface area contributed by atoms with Gasteiger partial charge in [0.25, 0.3) is 0 Å². The summed E-state index contributed by atoms with van der Waals surface area (Å²) in [5, 5.41) is 8.84. The number of unbranched alkanes of at least 4 members (excludes halogenated alkanes) is 2.